The van der Waals surface area contributed by atoms with Gasteiger partial charge in [0.25, 0.3) is 0 Å². The number of carbonyl (C=O) groups is 1. The minimum absolute atomic E-state index is 0.217. The molecule has 0 saturated carbocycles. The zero-order chi connectivity index (χ0) is 9.97. The molecule has 0 aromatic carbocycles. The molecule has 2 radical (unpaired) electrons. The molecule has 1 aliphatic rings. The highest BCUT2D eigenvalue weighted by Gasteiger charge is 2.20. The second-order valence-electron chi connectivity index (χ2n) is 3.47. The predicted molar refractivity (Wildman–Crippen MR) is 54.3 cm³/mol. The third kappa shape index (κ3) is 1.95. The molecule has 0 aliphatic carbocycles. The zero-order valence-electron chi connectivity index (χ0n) is 7.94. The van der Waals surface area contributed by atoms with E-state index in [0.29, 0.717) is 18.6 Å². The Morgan fingerprint density at radius 3 is 3.00 bits per heavy atom. The van der Waals surface area contributed by atoms with E-state index in [0.717, 1.165) is 18.7 Å². The Hall–Kier alpha value is -1.32. The van der Waals surface area contributed by atoms with Crippen LogP contribution >= 0.6 is 0 Å². The molecule has 0 bridgehead atoms. The molecular weight excluding hydrogens is 175 g/mol. The number of likely N-dealkylation sites (tertiary alicyclic amines) is 1. The number of hydrogen-bond donors (Lipinski definition) is 0. The summed E-state index contributed by atoms with van der Waals surface area (Å²) in [5.74, 6) is 0.217. The fourth-order valence-corrected chi connectivity index (χ4v) is 1.65. The van der Waals surface area contributed by atoms with E-state index in [1.807, 2.05) is 17.0 Å². The minimum atomic E-state index is 0.217. The molecule has 3 nitrogen and oxygen atoms in total. The van der Waals surface area contributed by atoms with Gasteiger partial charge in [0.1, 0.15) is 7.85 Å². The average Bonchev–Trinajstić information content (AvgIpc) is 2.52. The maximum atomic E-state index is 11.3. The molecule has 70 valence electrons. The fraction of sp³-hybridized carbons (Fsp3) is 0.400. The van der Waals surface area contributed by atoms with Gasteiger partial charge in [-0.15, -0.1) is 0 Å². The van der Waals surface area contributed by atoms with E-state index in [1.54, 1.807) is 6.07 Å². The van der Waals surface area contributed by atoms with Gasteiger partial charge in [0.2, 0.25) is 5.91 Å². The molecule has 1 fully saturated rings. The van der Waals surface area contributed by atoms with Gasteiger partial charge in [-0.2, -0.15) is 0 Å². The third-order valence-corrected chi connectivity index (χ3v) is 2.35. The van der Waals surface area contributed by atoms with Crippen molar-refractivity contribution in [3.63, 3.8) is 0 Å². The quantitative estimate of drug-likeness (QED) is 0.609. The van der Waals surface area contributed by atoms with Crippen molar-refractivity contribution in [3.8, 4) is 0 Å². The number of rotatable bonds is 2. The maximum absolute atomic E-state index is 11.3. The lowest BCUT2D eigenvalue weighted by atomic mass is 10.0. The van der Waals surface area contributed by atoms with Crippen molar-refractivity contribution >= 4 is 19.3 Å². The molecule has 4 heteroatoms. The van der Waals surface area contributed by atoms with E-state index in [2.05, 4.69) is 4.98 Å². The second-order valence-corrected chi connectivity index (χ2v) is 3.47. The number of pyridine rings is 1. The molecule has 1 aliphatic heterocycles. The number of carbonyl (C=O) groups excluding carboxylic acids is 1. The molecular formula is C10H11BN2O. The van der Waals surface area contributed by atoms with Gasteiger partial charge in [-0.05, 0) is 18.1 Å². The van der Waals surface area contributed by atoms with Crippen molar-refractivity contribution in [2.75, 3.05) is 6.54 Å². The molecule has 2 heterocycles. The summed E-state index contributed by atoms with van der Waals surface area (Å²) >= 11 is 0. The SMILES string of the molecule is [B]c1cccc(CN2CCCC2=O)n1. The molecule has 1 amide bonds. The summed E-state index contributed by atoms with van der Waals surface area (Å²) in [4.78, 5) is 17.3. The number of nitrogens with zero attached hydrogens (tertiary/aromatic N) is 2. The van der Waals surface area contributed by atoms with Gasteiger partial charge in [-0.25, -0.2) is 0 Å². The van der Waals surface area contributed by atoms with Crippen molar-refractivity contribution in [2.45, 2.75) is 19.4 Å². The molecule has 14 heavy (non-hydrogen) atoms. The van der Waals surface area contributed by atoms with Gasteiger partial charge >= 0.3 is 0 Å². The predicted octanol–water partition coefficient (Wildman–Crippen LogP) is -0.00220. The first-order valence-electron chi connectivity index (χ1n) is 4.75. The van der Waals surface area contributed by atoms with Crippen molar-refractivity contribution in [1.29, 1.82) is 0 Å². The second kappa shape index (κ2) is 3.82. The van der Waals surface area contributed by atoms with Crippen LogP contribution in [0.3, 0.4) is 0 Å². The van der Waals surface area contributed by atoms with E-state index in [9.17, 15) is 4.79 Å². The molecule has 0 unspecified atom stereocenters. The summed E-state index contributed by atoms with van der Waals surface area (Å²) in [6.07, 6.45) is 1.63. The molecule has 2 rings (SSSR count). The monoisotopic (exact) mass is 186 g/mol. The van der Waals surface area contributed by atoms with E-state index >= 15 is 0 Å². The Balaban J connectivity index is 2.07. The maximum Gasteiger partial charge on any atom is 0.222 e. The number of aromatic nitrogens is 1. The first kappa shape index (κ1) is 9.25. The highest BCUT2D eigenvalue weighted by Crippen LogP contribution is 2.12. The molecule has 0 spiro atoms. The van der Waals surface area contributed by atoms with Crippen LogP contribution in [0.25, 0.3) is 0 Å². The van der Waals surface area contributed by atoms with Gasteiger partial charge in [0.05, 0.1) is 12.2 Å². The van der Waals surface area contributed by atoms with Crippen LogP contribution in [0.2, 0.25) is 0 Å². The standard InChI is InChI=1S/C10H11BN2O/c11-9-4-1-3-8(12-9)7-13-6-2-5-10(13)14/h1,3-4H,2,5-7H2. The summed E-state index contributed by atoms with van der Waals surface area (Å²) in [6.45, 7) is 1.43. The Morgan fingerprint density at radius 1 is 1.50 bits per heavy atom. The molecule has 0 atom stereocenters. The summed E-state index contributed by atoms with van der Waals surface area (Å²) in [6, 6.07) is 5.50. The van der Waals surface area contributed by atoms with Crippen LogP contribution in [0.1, 0.15) is 18.5 Å². The van der Waals surface area contributed by atoms with Crippen molar-refractivity contribution in [2.24, 2.45) is 0 Å². The lowest BCUT2D eigenvalue weighted by Crippen LogP contribution is -2.25. The number of hydrogen-bond acceptors (Lipinski definition) is 2. The van der Waals surface area contributed by atoms with Crippen LogP contribution in [0, 0.1) is 0 Å². The average molecular weight is 186 g/mol. The van der Waals surface area contributed by atoms with E-state index in [-0.39, 0.29) is 5.91 Å². The van der Waals surface area contributed by atoms with E-state index in [1.165, 1.54) is 0 Å². The van der Waals surface area contributed by atoms with Gasteiger partial charge in [0.15, 0.2) is 0 Å². The van der Waals surface area contributed by atoms with Crippen LogP contribution < -0.4 is 5.59 Å². The summed E-state index contributed by atoms with van der Waals surface area (Å²) < 4.78 is 0. The fourth-order valence-electron chi connectivity index (χ4n) is 1.65. The molecule has 1 aromatic rings. The highest BCUT2D eigenvalue weighted by molar-refractivity contribution is 6.30. The van der Waals surface area contributed by atoms with Crippen LogP contribution in [0.15, 0.2) is 18.2 Å². The Kier molecular flexibility index (Phi) is 2.52. The normalized spacial score (nSPS) is 16.3. The lowest BCUT2D eigenvalue weighted by Gasteiger charge is -2.14. The Labute approximate surface area is 84.5 Å². The van der Waals surface area contributed by atoms with Gasteiger partial charge < -0.3 is 4.90 Å². The Bertz CT molecular complexity index is 354. The van der Waals surface area contributed by atoms with Crippen molar-refractivity contribution < 1.29 is 4.79 Å². The lowest BCUT2D eigenvalue weighted by molar-refractivity contribution is -0.128. The van der Waals surface area contributed by atoms with E-state index in [4.69, 9.17) is 7.85 Å². The molecule has 0 N–H and O–H groups in total. The number of amides is 1. The Morgan fingerprint density at radius 2 is 2.36 bits per heavy atom. The first-order chi connectivity index (χ1) is 6.75. The van der Waals surface area contributed by atoms with Gasteiger partial charge in [0, 0.05) is 13.0 Å². The van der Waals surface area contributed by atoms with Crippen molar-refractivity contribution in [3.05, 3.63) is 23.9 Å². The van der Waals surface area contributed by atoms with Gasteiger partial charge in [-0.1, -0.05) is 12.1 Å². The van der Waals surface area contributed by atoms with Crippen LogP contribution in [0.4, 0.5) is 0 Å². The summed E-state index contributed by atoms with van der Waals surface area (Å²) in [5, 5.41) is 0. The zero-order valence-corrected chi connectivity index (χ0v) is 7.94. The third-order valence-electron chi connectivity index (χ3n) is 2.35. The molecule has 1 saturated heterocycles. The topological polar surface area (TPSA) is 33.2 Å². The van der Waals surface area contributed by atoms with Crippen molar-refractivity contribution in [1.82, 2.24) is 9.88 Å². The highest BCUT2D eigenvalue weighted by atomic mass is 16.2. The van der Waals surface area contributed by atoms with Crippen LogP contribution in [-0.4, -0.2) is 30.2 Å². The largest absolute Gasteiger partial charge is 0.337 e. The first-order valence-corrected chi connectivity index (χ1v) is 4.75. The molecule has 1 aromatic heterocycles. The van der Waals surface area contributed by atoms with Crippen LogP contribution in [0.5, 0.6) is 0 Å². The van der Waals surface area contributed by atoms with Crippen LogP contribution in [-0.2, 0) is 11.3 Å². The minimum Gasteiger partial charge on any atom is -0.337 e. The van der Waals surface area contributed by atoms with Gasteiger partial charge in [-0.3, -0.25) is 9.78 Å². The summed E-state index contributed by atoms with van der Waals surface area (Å²) in [7, 11) is 5.55. The van der Waals surface area contributed by atoms with E-state index < -0.39 is 0 Å². The smallest absolute Gasteiger partial charge is 0.222 e. The summed E-state index contributed by atoms with van der Waals surface area (Å²) in [5.41, 5.74) is 1.37.